The van der Waals surface area contributed by atoms with Gasteiger partial charge in [0.15, 0.2) is 5.82 Å². The van der Waals surface area contributed by atoms with E-state index in [4.69, 9.17) is 4.74 Å². The molecular formula is C13H14N6O. The standard InChI is InChI=1S/C13H14N6O/c1-10-16-13(7-18-8-14-15-9-18)19(17-10)11-3-5-12(20-2)6-4-11/h3-6,8-9H,7H2,1-2H3. The molecule has 2 aromatic heterocycles. The fourth-order valence-corrected chi connectivity index (χ4v) is 1.96. The van der Waals surface area contributed by atoms with E-state index >= 15 is 0 Å². The summed E-state index contributed by atoms with van der Waals surface area (Å²) in [5, 5.41) is 12.0. The zero-order valence-electron chi connectivity index (χ0n) is 11.3. The molecule has 102 valence electrons. The Balaban J connectivity index is 1.95. The van der Waals surface area contributed by atoms with Gasteiger partial charge in [0, 0.05) is 0 Å². The van der Waals surface area contributed by atoms with Gasteiger partial charge >= 0.3 is 0 Å². The van der Waals surface area contributed by atoms with E-state index in [1.165, 1.54) is 0 Å². The second-order valence-electron chi connectivity index (χ2n) is 4.32. The fourth-order valence-electron chi connectivity index (χ4n) is 1.96. The molecular weight excluding hydrogens is 256 g/mol. The molecule has 3 rings (SSSR count). The summed E-state index contributed by atoms with van der Waals surface area (Å²) in [7, 11) is 1.64. The molecule has 0 aliphatic rings. The van der Waals surface area contributed by atoms with Gasteiger partial charge in [-0.2, -0.15) is 5.10 Å². The summed E-state index contributed by atoms with van der Waals surface area (Å²) in [6, 6.07) is 7.69. The molecule has 7 nitrogen and oxygen atoms in total. The van der Waals surface area contributed by atoms with Gasteiger partial charge in [0.1, 0.15) is 24.2 Å². The quantitative estimate of drug-likeness (QED) is 0.713. The second kappa shape index (κ2) is 5.12. The Kier molecular flexibility index (Phi) is 3.16. The molecule has 0 saturated carbocycles. The molecule has 0 unspecified atom stereocenters. The highest BCUT2D eigenvalue weighted by atomic mass is 16.5. The highest BCUT2D eigenvalue weighted by Crippen LogP contribution is 2.16. The number of ether oxygens (including phenoxy) is 1. The summed E-state index contributed by atoms with van der Waals surface area (Å²) in [6.45, 7) is 2.44. The molecule has 0 spiro atoms. The first-order chi connectivity index (χ1) is 9.76. The smallest absolute Gasteiger partial charge is 0.152 e. The van der Waals surface area contributed by atoms with E-state index in [1.54, 1.807) is 19.8 Å². The van der Waals surface area contributed by atoms with Gasteiger partial charge in [-0.25, -0.2) is 9.67 Å². The maximum Gasteiger partial charge on any atom is 0.152 e. The largest absolute Gasteiger partial charge is 0.497 e. The van der Waals surface area contributed by atoms with E-state index in [0.717, 1.165) is 23.1 Å². The number of benzene rings is 1. The van der Waals surface area contributed by atoms with Crippen molar-refractivity contribution in [2.45, 2.75) is 13.5 Å². The Bertz CT molecular complexity index is 686. The van der Waals surface area contributed by atoms with Crippen molar-refractivity contribution in [2.24, 2.45) is 0 Å². The van der Waals surface area contributed by atoms with Crippen LogP contribution in [0.3, 0.4) is 0 Å². The molecule has 0 fully saturated rings. The third-order valence-corrected chi connectivity index (χ3v) is 2.89. The number of aryl methyl sites for hydroxylation is 1. The monoisotopic (exact) mass is 270 g/mol. The fraction of sp³-hybridized carbons (Fsp3) is 0.231. The molecule has 20 heavy (non-hydrogen) atoms. The van der Waals surface area contributed by atoms with Crippen LogP contribution in [0, 0.1) is 6.92 Å². The van der Waals surface area contributed by atoms with Crippen molar-refractivity contribution in [1.82, 2.24) is 29.5 Å². The highest BCUT2D eigenvalue weighted by Gasteiger charge is 2.10. The van der Waals surface area contributed by atoms with Crippen molar-refractivity contribution >= 4 is 0 Å². The van der Waals surface area contributed by atoms with Gasteiger partial charge < -0.3 is 9.30 Å². The molecule has 0 N–H and O–H groups in total. The van der Waals surface area contributed by atoms with Crippen molar-refractivity contribution in [2.75, 3.05) is 7.11 Å². The molecule has 0 aliphatic heterocycles. The van der Waals surface area contributed by atoms with Gasteiger partial charge in [0.05, 0.1) is 19.3 Å². The first kappa shape index (κ1) is 12.3. The molecule has 0 amide bonds. The Hall–Kier alpha value is -2.70. The van der Waals surface area contributed by atoms with Crippen molar-refractivity contribution in [3.8, 4) is 11.4 Å². The third-order valence-electron chi connectivity index (χ3n) is 2.89. The van der Waals surface area contributed by atoms with Crippen LogP contribution in [0.15, 0.2) is 36.9 Å². The minimum atomic E-state index is 0.569. The lowest BCUT2D eigenvalue weighted by Crippen LogP contribution is -2.07. The lowest BCUT2D eigenvalue weighted by atomic mass is 10.3. The molecule has 2 heterocycles. The second-order valence-corrected chi connectivity index (χ2v) is 4.32. The highest BCUT2D eigenvalue weighted by molar-refractivity contribution is 5.37. The van der Waals surface area contributed by atoms with Crippen LogP contribution in [-0.4, -0.2) is 36.6 Å². The van der Waals surface area contributed by atoms with Crippen LogP contribution in [-0.2, 0) is 6.54 Å². The normalized spacial score (nSPS) is 10.7. The summed E-state index contributed by atoms with van der Waals surface area (Å²) in [5.74, 6) is 2.36. The van der Waals surface area contributed by atoms with Crippen LogP contribution in [0.5, 0.6) is 5.75 Å². The van der Waals surface area contributed by atoms with Crippen molar-refractivity contribution in [1.29, 1.82) is 0 Å². The van der Waals surface area contributed by atoms with E-state index < -0.39 is 0 Å². The number of aromatic nitrogens is 6. The molecule has 0 aliphatic carbocycles. The number of hydrogen-bond donors (Lipinski definition) is 0. The summed E-state index contributed by atoms with van der Waals surface area (Å²) in [6.07, 6.45) is 3.31. The lowest BCUT2D eigenvalue weighted by molar-refractivity contribution is 0.414. The summed E-state index contributed by atoms with van der Waals surface area (Å²) >= 11 is 0. The van der Waals surface area contributed by atoms with E-state index in [2.05, 4.69) is 20.3 Å². The van der Waals surface area contributed by atoms with Gasteiger partial charge in [0.2, 0.25) is 0 Å². The van der Waals surface area contributed by atoms with E-state index in [9.17, 15) is 0 Å². The van der Waals surface area contributed by atoms with Crippen molar-refractivity contribution in [3.05, 3.63) is 48.6 Å². The summed E-state index contributed by atoms with van der Waals surface area (Å²) in [5.41, 5.74) is 0.939. The average Bonchev–Trinajstić information content (AvgIpc) is 3.09. The Morgan fingerprint density at radius 2 is 1.80 bits per heavy atom. The maximum atomic E-state index is 5.16. The molecule has 7 heteroatoms. The Morgan fingerprint density at radius 3 is 2.45 bits per heavy atom. The van der Waals surface area contributed by atoms with E-state index in [-0.39, 0.29) is 0 Å². The minimum Gasteiger partial charge on any atom is -0.497 e. The van der Waals surface area contributed by atoms with E-state index in [1.807, 2.05) is 40.4 Å². The van der Waals surface area contributed by atoms with E-state index in [0.29, 0.717) is 6.54 Å². The molecule has 1 aromatic carbocycles. The van der Waals surface area contributed by atoms with Crippen LogP contribution in [0.25, 0.3) is 5.69 Å². The van der Waals surface area contributed by atoms with Crippen LogP contribution < -0.4 is 4.74 Å². The van der Waals surface area contributed by atoms with Crippen LogP contribution in [0.4, 0.5) is 0 Å². The van der Waals surface area contributed by atoms with Gasteiger partial charge in [-0.15, -0.1) is 10.2 Å². The third kappa shape index (κ3) is 2.37. The lowest BCUT2D eigenvalue weighted by Gasteiger charge is -2.07. The number of nitrogens with zero attached hydrogens (tertiary/aromatic N) is 6. The molecule has 0 saturated heterocycles. The minimum absolute atomic E-state index is 0.569. The molecule has 3 aromatic rings. The Labute approximate surface area is 115 Å². The molecule has 0 radical (unpaired) electrons. The van der Waals surface area contributed by atoms with Crippen molar-refractivity contribution < 1.29 is 4.74 Å². The number of methoxy groups -OCH3 is 1. The van der Waals surface area contributed by atoms with Crippen LogP contribution >= 0.6 is 0 Å². The Morgan fingerprint density at radius 1 is 1.10 bits per heavy atom. The number of rotatable bonds is 4. The van der Waals surface area contributed by atoms with Gasteiger partial charge in [-0.05, 0) is 31.2 Å². The molecule has 0 atom stereocenters. The predicted molar refractivity (Wildman–Crippen MR) is 71.8 cm³/mol. The SMILES string of the molecule is COc1ccc(-n2nc(C)nc2Cn2cnnc2)cc1. The van der Waals surface area contributed by atoms with Crippen LogP contribution in [0.1, 0.15) is 11.6 Å². The maximum absolute atomic E-state index is 5.16. The van der Waals surface area contributed by atoms with Gasteiger partial charge in [-0.3, -0.25) is 0 Å². The summed E-state index contributed by atoms with van der Waals surface area (Å²) < 4.78 is 8.82. The van der Waals surface area contributed by atoms with Gasteiger partial charge in [-0.1, -0.05) is 0 Å². The zero-order chi connectivity index (χ0) is 13.9. The first-order valence-corrected chi connectivity index (χ1v) is 6.15. The first-order valence-electron chi connectivity index (χ1n) is 6.15. The summed E-state index contributed by atoms with van der Waals surface area (Å²) in [4.78, 5) is 4.45. The van der Waals surface area contributed by atoms with Crippen LogP contribution in [0.2, 0.25) is 0 Å². The topological polar surface area (TPSA) is 70.7 Å². The average molecular weight is 270 g/mol. The van der Waals surface area contributed by atoms with Gasteiger partial charge in [0.25, 0.3) is 0 Å². The van der Waals surface area contributed by atoms with Crippen molar-refractivity contribution in [3.63, 3.8) is 0 Å². The number of hydrogen-bond acceptors (Lipinski definition) is 5. The predicted octanol–water partition coefficient (Wildman–Crippen LogP) is 1.22. The zero-order valence-corrected chi connectivity index (χ0v) is 11.3. The molecule has 0 bridgehead atoms.